The zero-order chi connectivity index (χ0) is 11.7. The molecule has 0 radical (unpaired) electrons. The second kappa shape index (κ2) is 4.41. The van der Waals surface area contributed by atoms with Crippen LogP contribution in [0.2, 0.25) is 0 Å². The van der Waals surface area contributed by atoms with Crippen LogP contribution >= 0.6 is 0 Å². The van der Waals surface area contributed by atoms with Crippen LogP contribution in [0.15, 0.2) is 0 Å². The fourth-order valence-electron chi connectivity index (χ4n) is 2.25. The van der Waals surface area contributed by atoms with E-state index in [9.17, 15) is 9.59 Å². The minimum atomic E-state index is -0.374. The maximum Gasteiger partial charge on any atom is 0.252 e. The van der Waals surface area contributed by atoms with Crippen LogP contribution in [0, 0.1) is 0 Å². The molecular weight excluding hydrogens is 208 g/mol. The molecule has 0 aromatic rings. The quantitative estimate of drug-likeness (QED) is 0.679. The Labute approximate surface area is 95.1 Å². The molecule has 2 amide bonds. The number of amides is 2. The number of ether oxygens (including phenoxy) is 1. The Bertz CT molecular complexity index is 306. The Morgan fingerprint density at radius 3 is 2.81 bits per heavy atom. The lowest BCUT2D eigenvalue weighted by atomic mass is 10.1. The lowest BCUT2D eigenvalue weighted by Gasteiger charge is -2.34. The first kappa shape index (κ1) is 11.4. The molecule has 2 fully saturated rings. The molecule has 2 rings (SSSR count). The highest BCUT2D eigenvalue weighted by Crippen LogP contribution is 2.22. The molecule has 2 aliphatic rings. The van der Waals surface area contributed by atoms with Crippen molar-refractivity contribution in [3.05, 3.63) is 0 Å². The molecule has 2 aliphatic heterocycles. The molecule has 3 unspecified atom stereocenters. The second-order valence-corrected chi connectivity index (χ2v) is 4.51. The van der Waals surface area contributed by atoms with Gasteiger partial charge in [-0.3, -0.25) is 9.59 Å². The number of nitrogens with zero attached hydrogens (tertiary/aromatic N) is 1. The van der Waals surface area contributed by atoms with Crippen molar-refractivity contribution in [1.29, 1.82) is 0 Å². The number of nitrogens with one attached hydrogen (secondary N) is 1. The molecule has 5 heteroatoms. The van der Waals surface area contributed by atoms with Crippen LogP contribution in [-0.4, -0.2) is 48.1 Å². The lowest BCUT2D eigenvalue weighted by molar-refractivity contribution is -0.150. The highest BCUT2D eigenvalue weighted by atomic mass is 16.5. The van der Waals surface area contributed by atoms with Gasteiger partial charge in [0.1, 0.15) is 12.1 Å². The van der Waals surface area contributed by atoms with Crippen molar-refractivity contribution in [2.45, 2.75) is 44.9 Å². The van der Waals surface area contributed by atoms with E-state index in [0.717, 1.165) is 12.8 Å². The van der Waals surface area contributed by atoms with Crippen molar-refractivity contribution in [2.24, 2.45) is 0 Å². The van der Waals surface area contributed by atoms with E-state index < -0.39 is 0 Å². The Hall–Kier alpha value is -1.10. The van der Waals surface area contributed by atoms with Gasteiger partial charge in [-0.15, -0.1) is 0 Å². The summed E-state index contributed by atoms with van der Waals surface area (Å²) >= 11 is 0. The van der Waals surface area contributed by atoms with Crippen molar-refractivity contribution in [3.8, 4) is 0 Å². The zero-order valence-corrected chi connectivity index (χ0v) is 9.73. The number of carbonyl (C=O) groups is 2. The molecule has 3 atom stereocenters. The van der Waals surface area contributed by atoms with Crippen molar-refractivity contribution in [1.82, 2.24) is 10.2 Å². The predicted molar refractivity (Wildman–Crippen MR) is 57.8 cm³/mol. The van der Waals surface area contributed by atoms with Gasteiger partial charge in [0, 0.05) is 13.1 Å². The van der Waals surface area contributed by atoms with Crippen molar-refractivity contribution in [3.63, 3.8) is 0 Å². The molecule has 5 nitrogen and oxygen atoms in total. The fraction of sp³-hybridized carbons (Fsp3) is 0.818. The van der Waals surface area contributed by atoms with E-state index in [4.69, 9.17) is 4.74 Å². The smallest absolute Gasteiger partial charge is 0.252 e. The number of hydrogen-bond acceptors (Lipinski definition) is 3. The van der Waals surface area contributed by atoms with E-state index in [0.29, 0.717) is 13.1 Å². The van der Waals surface area contributed by atoms with E-state index in [1.165, 1.54) is 0 Å². The zero-order valence-electron chi connectivity index (χ0n) is 9.73. The number of hydrogen-bond donors (Lipinski definition) is 1. The first-order chi connectivity index (χ1) is 7.59. The molecule has 0 aromatic heterocycles. The number of rotatable bonds is 1. The van der Waals surface area contributed by atoms with Crippen molar-refractivity contribution < 1.29 is 14.3 Å². The van der Waals surface area contributed by atoms with Gasteiger partial charge in [-0.2, -0.15) is 0 Å². The largest absolute Gasteiger partial charge is 0.365 e. The molecule has 16 heavy (non-hydrogen) atoms. The highest BCUT2D eigenvalue weighted by Gasteiger charge is 2.36. The summed E-state index contributed by atoms with van der Waals surface area (Å²) in [6.07, 6.45) is 1.50. The SMILES string of the molecule is CC1CCC(C(=O)N2CCNC(=O)C2C)O1. The van der Waals surface area contributed by atoms with Crippen LogP contribution in [0.5, 0.6) is 0 Å². The molecule has 2 heterocycles. The van der Waals surface area contributed by atoms with E-state index >= 15 is 0 Å². The summed E-state index contributed by atoms with van der Waals surface area (Å²) in [4.78, 5) is 25.2. The molecule has 0 bridgehead atoms. The van der Waals surface area contributed by atoms with Crippen LogP contribution < -0.4 is 5.32 Å². The standard InChI is InChI=1S/C11H18N2O3/c1-7-3-4-9(16-7)11(15)13-6-5-12-10(14)8(13)2/h7-9H,3-6H2,1-2H3,(H,12,14). The van der Waals surface area contributed by atoms with Gasteiger partial charge in [-0.25, -0.2) is 0 Å². The molecule has 0 aromatic carbocycles. The second-order valence-electron chi connectivity index (χ2n) is 4.51. The maximum absolute atomic E-state index is 12.1. The average Bonchev–Trinajstić information content (AvgIpc) is 2.68. The monoisotopic (exact) mass is 226 g/mol. The third kappa shape index (κ3) is 2.04. The fourth-order valence-corrected chi connectivity index (χ4v) is 2.25. The van der Waals surface area contributed by atoms with E-state index in [1.807, 2.05) is 6.92 Å². The minimum Gasteiger partial charge on any atom is -0.365 e. The highest BCUT2D eigenvalue weighted by molar-refractivity contribution is 5.90. The van der Waals surface area contributed by atoms with Gasteiger partial charge in [0.05, 0.1) is 6.10 Å². The Kier molecular flexibility index (Phi) is 3.14. The van der Waals surface area contributed by atoms with Crippen LogP contribution in [0.1, 0.15) is 26.7 Å². The summed E-state index contributed by atoms with van der Waals surface area (Å²) < 4.78 is 5.54. The molecule has 1 N–H and O–H groups in total. The molecule has 0 saturated carbocycles. The van der Waals surface area contributed by atoms with Crippen LogP contribution in [0.3, 0.4) is 0 Å². The van der Waals surface area contributed by atoms with Gasteiger partial charge >= 0.3 is 0 Å². The van der Waals surface area contributed by atoms with Crippen molar-refractivity contribution in [2.75, 3.05) is 13.1 Å². The Morgan fingerprint density at radius 1 is 1.44 bits per heavy atom. The van der Waals surface area contributed by atoms with Crippen LogP contribution in [0.25, 0.3) is 0 Å². The van der Waals surface area contributed by atoms with Gasteiger partial charge in [0.15, 0.2) is 0 Å². The first-order valence-electron chi connectivity index (χ1n) is 5.83. The Morgan fingerprint density at radius 2 is 2.19 bits per heavy atom. The topological polar surface area (TPSA) is 58.6 Å². The molecule has 2 saturated heterocycles. The van der Waals surface area contributed by atoms with Crippen LogP contribution in [-0.2, 0) is 14.3 Å². The minimum absolute atomic E-state index is 0.0355. The van der Waals surface area contributed by atoms with E-state index in [1.54, 1.807) is 11.8 Å². The van der Waals surface area contributed by atoms with Crippen LogP contribution in [0.4, 0.5) is 0 Å². The number of carbonyl (C=O) groups excluding carboxylic acids is 2. The summed E-state index contributed by atoms with van der Waals surface area (Å²) in [6.45, 7) is 4.85. The average molecular weight is 226 g/mol. The summed E-state index contributed by atoms with van der Waals surface area (Å²) in [5, 5.41) is 2.74. The molecule has 90 valence electrons. The Balaban J connectivity index is 2.01. The lowest BCUT2D eigenvalue weighted by Crippen LogP contribution is -2.57. The van der Waals surface area contributed by atoms with Gasteiger partial charge in [-0.05, 0) is 26.7 Å². The number of piperazine rings is 1. The van der Waals surface area contributed by atoms with E-state index in [-0.39, 0.29) is 30.1 Å². The normalized spacial score (nSPS) is 35.0. The predicted octanol–water partition coefficient (Wildman–Crippen LogP) is -0.0992. The van der Waals surface area contributed by atoms with E-state index in [2.05, 4.69) is 5.32 Å². The molecule has 0 spiro atoms. The summed E-state index contributed by atoms with van der Waals surface area (Å²) in [5.74, 6) is -0.114. The first-order valence-corrected chi connectivity index (χ1v) is 5.83. The maximum atomic E-state index is 12.1. The van der Waals surface area contributed by atoms with Gasteiger partial charge in [0.25, 0.3) is 5.91 Å². The third-order valence-corrected chi connectivity index (χ3v) is 3.29. The van der Waals surface area contributed by atoms with Gasteiger partial charge in [0.2, 0.25) is 5.91 Å². The summed E-state index contributed by atoms with van der Waals surface area (Å²) in [5.41, 5.74) is 0. The summed E-state index contributed by atoms with van der Waals surface area (Å²) in [7, 11) is 0. The molecule has 0 aliphatic carbocycles. The van der Waals surface area contributed by atoms with Gasteiger partial charge in [-0.1, -0.05) is 0 Å². The third-order valence-electron chi connectivity index (χ3n) is 3.29. The van der Waals surface area contributed by atoms with Gasteiger partial charge < -0.3 is 15.0 Å². The molecular formula is C11H18N2O3. The van der Waals surface area contributed by atoms with Crippen molar-refractivity contribution >= 4 is 11.8 Å². The summed E-state index contributed by atoms with van der Waals surface area (Å²) in [6, 6.07) is -0.374.